The van der Waals surface area contributed by atoms with Crippen LogP contribution in [-0.2, 0) is 24.0 Å². The quantitative estimate of drug-likeness (QED) is 0.158. The van der Waals surface area contributed by atoms with Gasteiger partial charge in [0, 0.05) is 6.04 Å². The molecule has 0 aromatic rings. The van der Waals surface area contributed by atoms with Gasteiger partial charge in [0.2, 0.25) is 17.7 Å². The topological polar surface area (TPSA) is 203 Å². The first-order valence-corrected chi connectivity index (χ1v) is 12.8. The van der Waals surface area contributed by atoms with Crippen LogP contribution < -0.4 is 26.6 Å². The fraction of sp³-hybridized carbons (Fsp3) is 0.760. The van der Waals surface area contributed by atoms with Gasteiger partial charge in [-0.3, -0.25) is 19.2 Å². The number of amides is 5. The highest BCUT2D eigenvalue weighted by Crippen LogP contribution is 2.19. The third-order valence-corrected chi connectivity index (χ3v) is 5.81. The summed E-state index contributed by atoms with van der Waals surface area (Å²) in [5.74, 6) is -5.23. The molecule has 0 radical (unpaired) electrons. The fourth-order valence-corrected chi connectivity index (χ4v) is 3.53. The van der Waals surface area contributed by atoms with Crippen molar-refractivity contribution in [1.29, 1.82) is 0 Å². The number of hydrogen-bond donors (Lipinski definition) is 7. The van der Waals surface area contributed by atoms with Crippen molar-refractivity contribution in [1.82, 2.24) is 26.6 Å². The zero-order valence-corrected chi connectivity index (χ0v) is 23.6. The predicted molar refractivity (Wildman–Crippen MR) is 140 cm³/mol. The average Bonchev–Trinajstić information content (AvgIpc) is 2.78. The van der Waals surface area contributed by atoms with Gasteiger partial charge in [-0.1, -0.05) is 48.5 Å². The lowest BCUT2D eigenvalue weighted by molar-refractivity contribution is -0.144. The van der Waals surface area contributed by atoms with Crippen LogP contribution in [0.2, 0.25) is 0 Å². The van der Waals surface area contributed by atoms with Gasteiger partial charge >= 0.3 is 18.0 Å². The maximum Gasteiger partial charge on any atom is 0.326 e. The number of hydrogen-bond acceptors (Lipinski definition) is 6. The van der Waals surface area contributed by atoms with Gasteiger partial charge in [0.15, 0.2) is 0 Å². The number of carboxylic acid groups (broad SMARTS) is 2. The molecule has 0 aromatic carbocycles. The molecule has 7 N–H and O–H groups in total. The predicted octanol–water partition coefficient (Wildman–Crippen LogP) is 0.969. The summed E-state index contributed by atoms with van der Waals surface area (Å²) < 4.78 is 0. The van der Waals surface area contributed by atoms with E-state index in [0.29, 0.717) is 12.8 Å². The molecule has 0 heterocycles. The van der Waals surface area contributed by atoms with Gasteiger partial charge in [-0.2, -0.15) is 0 Å². The van der Waals surface area contributed by atoms with Crippen molar-refractivity contribution in [2.45, 2.75) is 111 Å². The van der Waals surface area contributed by atoms with Crippen molar-refractivity contribution >= 4 is 35.7 Å². The molecule has 0 aliphatic carbocycles. The lowest BCUT2D eigenvalue weighted by atomic mass is 9.86. The van der Waals surface area contributed by atoms with Crippen molar-refractivity contribution in [3.8, 4) is 0 Å². The van der Waals surface area contributed by atoms with Crippen molar-refractivity contribution in [3.63, 3.8) is 0 Å². The number of rotatable bonds is 15. The molecule has 0 aromatic heterocycles. The Balaban J connectivity index is 5.48. The first-order chi connectivity index (χ1) is 17.4. The van der Waals surface area contributed by atoms with Gasteiger partial charge in [0.25, 0.3) is 0 Å². The Kier molecular flexibility index (Phi) is 14.4. The Labute approximate surface area is 224 Å². The van der Waals surface area contributed by atoms with Gasteiger partial charge in [-0.25, -0.2) is 9.59 Å². The Hall–Kier alpha value is -3.38. The normalized spacial score (nSPS) is 14.6. The highest BCUT2D eigenvalue weighted by molar-refractivity contribution is 5.96. The standard InChI is InChI=1S/C25H45N5O8/c1-9-15(10-2)27-24(38)30-19(25(6,7)8)22(35)26-14(5)20(33)28-16(12-18(31)32)21(34)29-17(23(36)37)11-13(3)4/h13-17,19H,9-12H2,1-8H3,(H,26,35)(H,28,33)(H,29,34)(H,31,32)(H,36,37)(H2,27,30,38)/t14-,16-,17-,19+/m0/s1. The van der Waals surface area contributed by atoms with Crippen LogP contribution in [-0.4, -0.2) is 76.1 Å². The first-order valence-electron chi connectivity index (χ1n) is 12.8. The number of carbonyl (C=O) groups excluding carboxylic acids is 4. The Morgan fingerprint density at radius 3 is 1.66 bits per heavy atom. The largest absolute Gasteiger partial charge is 0.481 e. The molecule has 0 rings (SSSR count). The molecule has 0 aliphatic heterocycles. The van der Waals surface area contributed by atoms with E-state index in [4.69, 9.17) is 0 Å². The molecule has 13 nitrogen and oxygen atoms in total. The SMILES string of the molecule is CCC(CC)NC(=O)N[C@H](C(=O)N[C@@H](C)C(=O)N[C@@H](CC(=O)O)C(=O)N[C@@H](CC(C)C)C(=O)O)C(C)(C)C. The summed E-state index contributed by atoms with van der Waals surface area (Å²) in [5, 5.41) is 31.0. The van der Waals surface area contributed by atoms with Crippen LogP contribution >= 0.6 is 0 Å². The van der Waals surface area contributed by atoms with E-state index in [1.54, 1.807) is 34.6 Å². The van der Waals surface area contributed by atoms with Gasteiger partial charge in [-0.15, -0.1) is 0 Å². The van der Waals surface area contributed by atoms with E-state index >= 15 is 0 Å². The summed E-state index contributed by atoms with van der Waals surface area (Å²) in [7, 11) is 0. The average molecular weight is 544 g/mol. The molecule has 0 spiro atoms. The molecule has 0 aliphatic rings. The van der Waals surface area contributed by atoms with E-state index < -0.39 is 71.7 Å². The first kappa shape index (κ1) is 34.6. The molecule has 0 fully saturated rings. The molecule has 13 heteroatoms. The van der Waals surface area contributed by atoms with Crippen molar-refractivity contribution in [2.24, 2.45) is 11.3 Å². The van der Waals surface area contributed by atoms with Crippen LogP contribution in [0.15, 0.2) is 0 Å². The zero-order chi connectivity index (χ0) is 29.8. The molecular weight excluding hydrogens is 498 g/mol. The summed E-state index contributed by atoms with van der Waals surface area (Å²) in [5.41, 5.74) is -0.723. The van der Waals surface area contributed by atoms with Crippen LogP contribution in [0.4, 0.5) is 4.79 Å². The summed E-state index contributed by atoms with van der Waals surface area (Å²) in [4.78, 5) is 73.7. The fourth-order valence-electron chi connectivity index (χ4n) is 3.53. The maximum atomic E-state index is 13.0. The lowest BCUT2D eigenvalue weighted by Crippen LogP contribution is -2.60. The van der Waals surface area contributed by atoms with Gasteiger partial charge in [0.05, 0.1) is 6.42 Å². The van der Waals surface area contributed by atoms with Crippen LogP contribution in [0, 0.1) is 11.3 Å². The van der Waals surface area contributed by atoms with Crippen molar-refractivity contribution in [3.05, 3.63) is 0 Å². The Bertz CT molecular complexity index is 851. The minimum absolute atomic E-state index is 0.0676. The van der Waals surface area contributed by atoms with Gasteiger partial charge < -0.3 is 36.8 Å². The molecule has 0 saturated carbocycles. The summed E-state index contributed by atoms with van der Waals surface area (Å²) in [6, 6.07) is -5.66. The van der Waals surface area contributed by atoms with E-state index in [1.807, 2.05) is 13.8 Å². The lowest BCUT2D eigenvalue weighted by Gasteiger charge is -2.32. The Morgan fingerprint density at radius 2 is 1.24 bits per heavy atom. The third kappa shape index (κ3) is 12.7. The number of carbonyl (C=O) groups is 6. The number of urea groups is 1. The zero-order valence-electron chi connectivity index (χ0n) is 23.6. The van der Waals surface area contributed by atoms with Crippen molar-refractivity contribution in [2.75, 3.05) is 0 Å². The molecule has 38 heavy (non-hydrogen) atoms. The highest BCUT2D eigenvalue weighted by Gasteiger charge is 2.35. The number of nitrogens with one attached hydrogen (secondary N) is 5. The van der Waals surface area contributed by atoms with Crippen LogP contribution in [0.1, 0.15) is 81.1 Å². The molecular formula is C25H45N5O8. The maximum absolute atomic E-state index is 13.0. The molecule has 0 bridgehead atoms. The molecule has 0 saturated heterocycles. The van der Waals surface area contributed by atoms with Gasteiger partial charge in [-0.05, 0) is 37.5 Å². The second-order valence-corrected chi connectivity index (χ2v) is 10.8. The smallest absolute Gasteiger partial charge is 0.326 e. The minimum atomic E-state index is -1.57. The van der Waals surface area contributed by atoms with E-state index in [0.717, 1.165) is 0 Å². The number of aliphatic carboxylic acids is 2. The second kappa shape index (κ2) is 15.8. The second-order valence-electron chi connectivity index (χ2n) is 10.8. The van der Waals surface area contributed by atoms with E-state index in [1.165, 1.54) is 6.92 Å². The number of carboxylic acids is 2. The third-order valence-electron chi connectivity index (χ3n) is 5.81. The van der Waals surface area contributed by atoms with Crippen LogP contribution in [0.3, 0.4) is 0 Å². The van der Waals surface area contributed by atoms with E-state index in [-0.39, 0.29) is 18.4 Å². The Morgan fingerprint density at radius 1 is 0.711 bits per heavy atom. The molecule has 5 amide bonds. The molecule has 4 atom stereocenters. The summed E-state index contributed by atoms with van der Waals surface area (Å²) >= 11 is 0. The van der Waals surface area contributed by atoms with E-state index in [2.05, 4.69) is 26.6 Å². The van der Waals surface area contributed by atoms with Crippen LogP contribution in [0.5, 0.6) is 0 Å². The summed E-state index contributed by atoms with van der Waals surface area (Å²) in [6.45, 7) is 13.9. The van der Waals surface area contributed by atoms with Gasteiger partial charge in [0.1, 0.15) is 24.2 Å². The van der Waals surface area contributed by atoms with Crippen molar-refractivity contribution < 1.29 is 39.0 Å². The highest BCUT2D eigenvalue weighted by atomic mass is 16.4. The molecule has 0 unspecified atom stereocenters. The summed E-state index contributed by atoms with van der Waals surface area (Å²) in [6.07, 6.45) is 0.731. The monoisotopic (exact) mass is 543 g/mol. The van der Waals surface area contributed by atoms with Crippen LogP contribution in [0.25, 0.3) is 0 Å². The minimum Gasteiger partial charge on any atom is -0.481 e. The molecule has 218 valence electrons. The van der Waals surface area contributed by atoms with E-state index in [9.17, 15) is 39.0 Å².